The largest absolute Gasteiger partial charge is 0.449 e. The summed E-state index contributed by atoms with van der Waals surface area (Å²) in [5.41, 5.74) is 3.38. The molecular formula is C23H25N3O3. The van der Waals surface area contributed by atoms with E-state index in [-0.39, 0.29) is 11.8 Å². The van der Waals surface area contributed by atoms with Crippen LogP contribution in [0.15, 0.2) is 66.9 Å². The molecule has 3 rings (SSSR count). The van der Waals surface area contributed by atoms with Crippen LogP contribution in [0.25, 0.3) is 5.69 Å². The van der Waals surface area contributed by atoms with Gasteiger partial charge in [0.2, 0.25) is 0 Å². The Labute approximate surface area is 170 Å². The summed E-state index contributed by atoms with van der Waals surface area (Å²) in [4.78, 5) is 24.7. The van der Waals surface area contributed by atoms with E-state index in [1.165, 1.54) is 0 Å². The number of carbonyl (C=O) groups excluding carboxylic acids is 2. The monoisotopic (exact) mass is 391 g/mol. The highest BCUT2D eigenvalue weighted by atomic mass is 16.5. The Balaban J connectivity index is 1.53. The number of esters is 1. The molecule has 2 aromatic carbocycles. The Kier molecular flexibility index (Phi) is 6.44. The molecule has 0 aliphatic heterocycles. The van der Waals surface area contributed by atoms with Crippen molar-refractivity contribution in [3.63, 3.8) is 0 Å². The molecule has 1 heterocycles. The molecule has 0 fully saturated rings. The van der Waals surface area contributed by atoms with Crippen molar-refractivity contribution in [3.8, 4) is 5.69 Å². The standard InChI is InChI=1S/C23H25N3O3/c1-16(19-7-5-4-6-8-19)15-24-22(27)18(3)29-23(28)20-9-11-21(12-10-20)26-17(2)13-14-25-26/h4-14,16,18H,15H2,1-3H3,(H,24,27)/t16-,18-/m1/s1. The van der Waals surface area contributed by atoms with Gasteiger partial charge in [0.25, 0.3) is 5.91 Å². The van der Waals surface area contributed by atoms with Crippen LogP contribution in [0.1, 0.15) is 41.4 Å². The van der Waals surface area contributed by atoms with Crippen molar-refractivity contribution in [1.29, 1.82) is 0 Å². The Morgan fingerprint density at radius 2 is 1.72 bits per heavy atom. The van der Waals surface area contributed by atoms with E-state index in [9.17, 15) is 9.59 Å². The van der Waals surface area contributed by atoms with Crippen molar-refractivity contribution in [2.45, 2.75) is 32.8 Å². The molecule has 1 amide bonds. The van der Waals surface area contributed by atoms with Crippen LogP contribution in [0, 0.1) is 6.92 Å². The summed E-state index contributed by atoms with van der Waals surface area (Å²) in [5, 5.41) is 7.08. The Morgan fingerprint density at radius 1 is 1.03 bits per heavy atom. The van der Waals surface area contributed by atoms with Gasteiger partial charge in [0, 0.05) is 18.4 Å². The van der Waals surface area contributed by atoms with E-state index in [0.29, 0.717) is 12.1 Å². The van der Waals surface area contributed by atoms with Gasteiger partial charge in [-0.15, -0.1) is 0 Å². The fourth-order valence-electron chi connectivity index (χ4n) is 2.96. The van der Waals surface area contributed by atoms with E-state index in [1.54, 1.807) is 42.1 Å². The fraction of sp³-hybridized carbons (Fsp3) is 0.261. The average molecular weight is 391 g/mol. The number of hydrogen-bond acceptors (Lipinski definition) is 4. The SMILES string of the molecule is Cc1ccnn1-c1ccc(C(=O)O[C@H](C)C(=O)NC[C@@H](C)c2ccccc2)cc1. The molecule has 6 heteroatoms. The number of nitrogens with zero attached hydrogens (tertiary/aromatic N) is 2. The lowest BCUT2D eigenvalue weighted by atomic mass is 10.0. The number of amides is 1. The van der Waals surface area contributed by atoms with Crippen LogP contribution < -0.4 is 5.32 Å². The van der Waals surface area contributed by atoms with Crippen molar-refractivity contribution in [1.82, 2.24) is 15.1 Å². The summed E-state index contributed by atoms with van der Waals surface area (Å²) in [5.74, 6) is -0.682. The zero-order chi connectivity index (χ0) is 20.8. The van der Waals surface area contributed by atoms with Crippen LogP contribution in [0.3, 0.4) is 0 Å². The van der Waals surface area contributed by atoms with Gasteiger partial charge in [0.15, 0.2) is 6.10 Å². The van der Waals surface area contributed by atoms with Gasteiger partial charge in [-0.2, -0.15) is 5.10 Å². The van der Waals surface area contributed by atoms with Crippen LogP contribution in [0.2, 0.25) is 0 Å². The van der Waals surface area contributed by atoms with Crippen molar-refractivity contribution in [2.24, 2.45) is 0 Å². The third-order valence-corrected chi connectivity index (χ3v) is 4.78. The second-order valence-corrected chi connectivity index (χ2v) is 7.04. The lowest BCUT2D eigenvalue weighted by Crippen LogP contribution is -2.37. The number of nitrogens with one attached hydrogen (secondary N) is 1. The van der Waals surface area contributed by atoms with E-state index >= 15 is 0 Å². The summed E-state index contributed by atoms with van der Waals surface area (Å²) >= 11 is 0. The first kappa shape index (κ1) is 20.3. The molecule has 0 bridgehead atoms. The average Bonchev–Trinajstić information content (AvgIpc) is 3.18. The predicted molar refractivity (Wildman–Crippen MR) is 111 cm³/mol. The van der Waals surface area contributed by atoms with Gasteiger partial charge in [-0.25, -0.2) is 9.48 Å². The van der Waals surface area contributed by atoms with Crippen LogP contribution in [0.4, 0.5) is 0 Å². The van der Waals surface area contributed by atoms with Crippen molar-refractivity contribution in [2.75, 3.05) is 6.54 Å². The summed E-state index contributed by atoms with van der Waals surface area (Å²) < 4.78 is 7.09. The van der Waals surface area contributed by atoms with Gasteiger partial charge in [-0.1, -0.05) is 37.3 Å². The van der Waals surface area contributed by atoms with E-state index in [2.05, 4.69) is 10.4 Å². The molecule has 1 aromatic heterocycles. The third-order valence-electron chi connectivity index (χ3n) is 4.78. The van der Waals surface area contributed by atoms with Gasteiger partial charge in [0.05, 0.1) is 11.3 Å². The first-order valence-corrected chi connectivity index (χ1v) is 9.60. The van der Waals surface area contributed by atoms with Crippen LogP contribution in [-0.2, 0) is 9.53 Å². The fourth-order valence-corrected chi connectivity index (χ4v) is 2.96. The normalized spacial score (nSPS) is 12.8. The second kappa shape index (κ2) is 9.19. The number of benzene rings is 2. The molecule has 0 saturated carbocycles. The van der Waals surface area contributed by atoms with E-state index < -0.39 is 12.1 Å². The van der Waals surface area contributed by atoms with Crippen LogP contribution >= 0.6 is 0 Å². The Morgan fingerprint density at radius 3 is 2.34 bits per heavy atom. The highest BCUT2D eigenvalue weighted by Crippen LogP contribution is 2.14. The number of aromatic nitrogens is 2. The first-order valence-electron chi connectivity index (χ1n) is 9.60. The summed E-state index contributed by atoms with van der Waals surface area (Å²) in [6, 6.07) is 18.8. The molecule has 0 spiro atoms. The van der Waals surface area contributed by atoms with Gasteiger partial charge in [0.1, 0.15) is 0 Å². The first-order chi connectivity index (χ1) is 14.0. The molecule has 6 nitrogen and oxygen atoms in total. The van der Waals surface area contributed by atoms with E-state index in [4.69, 9.17) is 4.74 Å². The maximum atomic E-state index is 12.4. The molecule has 1 N–H and O–H groups in total. The van der Waals surface area contributed by atoms with Crippen molar-refractivity contribution >= 4 is 11.9 Å². The van der Waals surface area contributed by atoms with Crippen molar-refractivity contribution < 1.29 is 14.3 Å². The third kappa shape index (κ3) is 5.10. The molecule has 29 heavy (non-hydrogen) atoms. The molecule has 0 aliphatic rings. The second-order valence-electron chi connectivity index (χ2n) is 7.04. The number of rotatable bonds is 7. The Hall–Kier alpha value is -3.41. The quantitative estimate of drug-likeness (QED) is 0.624. The zero-order valence-electron chi connectivity index (χ0n) is 16.8. The lowest BCUT2D eigenvalue weighted by Gasteiger charge is -2.17. The molecule has 0 radical (unpaired) electrons. The van der Waals surface area contributed by atoms with Gasteiger partial charge >= 0.3 is 5.97 Å². The van der Waals surface area contributed by atoms with Crippen molar-refractivity contribution in [3.05, 3.63) is 83.7 Å². The number of hydrogen-bond donors (Lipinski definition) is 1. The lowest BCUT2D eigenvalue weighted by molar-refractivity contribution is -0.129. The molecule has 150 valence electrons. The number of aryl methyl sites for hydroxylation is 1. The minimum Gasteiger partial charge on any atom is -0.449 e. The van der Waals surface area contributed by atoms with E-state index in [0.717, 1.165) is 16.9 Å². The van der Waals surface area contributed by atoms with Crippen LogP contribution in [-0.4, -0.2) is 34.3 Å². The number of ether oxygens (including phenoxy) is 1. The molecule has 3 aromatic rings. The minimum absolute atomic E-state index is 0.168. The van der Waals surface area contributed by atoms with Gasteiger partial charge in [-0.3, -0.25) is 4.79 Å². The summed E-state index contributed by atoms with van der Waals surface area (Å²) in [6.07, 6.45) is 0.842. The zero-order valence-corrected chi connectivity index (χ0v) is 16.8. The molecule has 2 atom stereocenters. The molecular weight excluding hydrogens is 366 g/mol. The molecule has 0 saturated heterocycles. The maximum Gasteiger partial charge on any atom is 0.338 e. The number of carbonyl (C=O) groups is 2. The van der Waals surface area contributed by atoms with Gasteiger partial charge < -0.3 is 10.1 Å². The summed E-state index contributed by atoms with van der Waals surface area (Å²) in [6.45, 7) is 6.04. The predicted octanol–water partition coefficient (Wildman–Crippen LogP) is 3.65. The summed E-state index contributed by atoms with van der Waals surface area (Å²) in [7, 11) is 0. The molecule has 0 unspecified atom stereocenters. The van der Waals surface area contributed by atoms with Gasteiger partial charge in [-0.05, 0) is 55.7 Å². The van der Waals surface area contributed by atoms with Crippen LogP contribution in [0.5, 0.6) is 0 Å². The highest BCUT2D eigenvalue weighted by Gasteiger charge is 2.19. The smallest absolute Gasteiger partial charge is 0.338 e. The Bertz CT molecular complexity index is 965. The highest BCUT2D eigenvalue weighted by molar-refractivity contribution is 5.92. The topological polar surface area (TPSA) is 73.2 Å². The molecule has 0 aliphatic carbocycles. The van der Waals surface area contributed by atoms with E-state index in [1.807, 2.05) is 50.2 Å². The maximum absolute atomic E-state index is 12.4. The minimum atomic E-state index is -0.876.